The molecule has 3 rings (SSSR count). The molecule has 1 saturated heterocycles. The summed E-state index contributed by atoms with van der Waals surface area (Å²) in [5, 5.41) is 3.99. The zero-order chi connectivity index (χ0) is 15.7. The number of carbonyl (C=O) groups excluding carboxylic acids is 2. The summed E-state index contributed by atoms with van der Waals surface area (Å²) in [6, 6.07) is 7.03. The Balaban J connectivity index is 1.70. The number of anilines is 2. The van der Waals surface area contributed by atoms with Gasteiger partial charge in [0.2, 0.25) is 17.8 Å². The molecular formula is C14H13ClN4O2S. The molecule has 1 aromatic carbocycles. The summed E-state index contributed by atoms with van der Waals surface area (Å²) in [6.07, 6.45) is 0.168. The summed E-state index contributed by atoms with van der Waals surface area (Å²) in [5.41, 5.74) is 0.704. The molecular weight excluding hydrogens is 324 g/mol. The zero-order valence-electron chi connectivity index (χ0n) is 11.7. The van der Waals surface area contributed by atoms with E-state index in [0.29, 0.717) is 23.2 Å². The van der Waals surface area contributed by atoms with Gasteiger partial charge in [0.05, 0.1) is 5.92 Å². The van der Waals surface area contributed by atoms with Crippen LogP contribution in [0, 0.1) is 12.8 Å². The highest BCUT2D eigenvalue weighted by Gasteiger charge is 2.35. The monoisotopic (exact) mass is 336 g/mol. The van der Waals surface area contributed by atoms with Crippen LogP contribution in [0.4, 0.5) is 11.6 Å². The van der Waals surface area contributed by atoms with E-state index in [-0.39, 0.29) is 18.2 Å². The van der Waals surface area contributed by atoms with E-state index < -0.39 is 5.92 Å². The minimum Gasteiger partial charge on any atom is -0.312 e. The van der Waals surface area contributed by atoms with E-state index in [1.165, 1.54) is 11.5 Å². The molecule has 2 aromatic rings. The molecule has 6 nitrogen and oxygen atoms in total. The summed E-state index contributed by atoms with van der Waals surface area (Å²) in [5.74, 6) is -0.461. The standard InChI is InChI=1S/C14H13ClN4O2S/c1-8-16-14(18-22-8)17-13(21)9-5-12(20)19(7-9)11-4-2-3-10(15)6-11/h2-4,6,9H,5,7H2,1H3,(H,17,18,21). The second kappa shape index (κ2) is 6.02. The van der Waals surface area contributed by atoms with Crippen LogP contribution in [0.25, 0.3) is 0 Å². The van der Waals surface area contributed by atoms with Crippen molar-refractivity contribution in [2.75, 3.05) is 16.8 Å². The van der Waals surface area contributed by atoms with Crippen LogP contribution in [0.3, 0.4) is 0 Å². The van der Waals surface area contributed by atoms with Crippen LogP contribution in [-0.2, 0) is 9.59 Å². The van der Waals surface area contributed by atoms with Crippen molar-refractivity contribution in [1.82, 2.24) is 9.36 Å². The largest absolute Gasteiger partial charge is 0.312 e. The molecule has 0 bridgehead atoms. The lowest BCUT2D eigenvalue weighted by molar-refractivity contribution is -0.122. The fourth-order valence-corrected chi connectivity index (χ4v) is 2.96. The van der Waals surface area contributed by atoms with E-state index in [9.17, 15) is 9.59 Å². The minimum absolute atomic E-state index is 0.0927. The number of benzene rings is 1. The second-order valence-electron chi connectivity index (χ2n) is 5.01. The lowest BCUT2D eigenvalue weighted by Gasteiger charge is -2.16. The molecule has 1 fully saturated rings. The lowest BCUT2D eigenvalue weighted by atomic mass is 10.1. The Morgan fingerprint density at radius 1 is 1.50 bits per heavy atom. The van der Waals surface area contributed by atoms with Gasteiger partial charge in [0.15, 0.2) is 0 Å². The van der Waals surface area contributed by atoms with Crippen LogP contribution in [0.15, 0.2) is 24.3 Å². The van der Waals surface area contributed by atoms with E-state index in [2.05, 4.69) is 14.7 Å². The summed E-state index contributed by atoms with van der Waals surface area (Å²) in [7, 11) is 0. The molecule has 0 aliphatic carbocycles. The molecule has 1 N–H and O–H groups in total. The number of nitrogens with one attached hydrogen (secondary N) is 1. The first kappa shape index (κ1) is 14.9. The van der Waals surface area contributed by atoms with Crippen LogP contribution in [0.1, 0.15) is 11.4 Å². The van der Waals surface area contributed by atoms with Gasteiger partial charge in [-0.3, -0.25) is 14.9 Å². The number of nitrogens with zero attached hydrogens (tertiary/aromatic N) is 3. The van der Waals surface area contributed by atoms with Gasteiger partial charge in [0.1, 0.15) is 5.01 Å². The molecule has 114 valence electrons. The number of halogens is 1. The van der Waals surface area contributed by atoms with Crippen molar-refractivity contribution in [2.45, 2.75) is 13.3 Å². The van der Waals surface area contributed by atoms with E-state index in [1.807, 2.05) is 6.92 Å². The van der Waals surface area contributed by atoms with Crippen LogP contribution in [0.5, 0.6) is 0 Å². The van der Waals surface area contributed by atoms with Gasteiger partial charge in [-0.2, -0.15) is 4.37 Å². The van der Waals surface area contributed by atoms with E-state index in [4.69, 9.17) is 11.6 Å². The Bertz CT molecular complexity index is 733. The maximum Gasteiger partial charge on any atom is 0.241 e. The number of aromatic nitrogens is 2. The molecule has 8 heteroatoms. The maximum absolute atomic E-state index is 12.2. The van der Waals surface area contributed by atoms with E-state index in [1.54, 1.807) is 29.2 Å². The number of rotatable bonds is 3. The van der Waals surface area contributed by atoms with Gasteiger partial charge in [-0.15, -0.1) is 0 Å². The quantitative estimate of drug-likeness (QED) is 0.934. The van der Waals surface area contributed by atoms with Crippen LogP contribution in [-0.4, -0.2) is 27.7 Å². The number of aryl methyl sites for hydroxylation is 1. The van der Waals surface area contributed by atoms with E-state index >= 15 is 0 Å². The first-order valence-electron chi connectivity index (χ1n) is 6.70. The summed E-state index contributed by atoms with van der Waals surface area (Å²) < 4.78 is 4.02. The molecule has 0 spiro atoms. The number of carbonyl (C=O) groups is 2. The highest BCUT2D eigenvalue weighted by atomic mass is 35.5. The Hall–Kier alpha value is -1.99. The third-order valence-corrected chi connectivity index (χ3v) is 4.23. The Morgan fingerprint density at radius 2 is 2.32 bits per heavy atom. The molecule has 2 heterocycles. The van der Waals surface area contributed by atoms with Gasteiger partial charge in [-0.05, 0) is 36.7 Å². The number of hydrogen-bond donors (Lipinski definition) is 1. The fourth-order valence-electron chi connectivity index (χ4n) is 2.34. The Morgan fingerprint density at radius 3 is 3.00 bits per heavy atom. The van der Waals surface area contributed by atoms with Crippen molar-refractivity contribution >= 4 is 46.6 Å². The summed E-state index contributed by atoms with van der Waals surface area (Å²) >= 11 is 7.17. The molecule has 1 atom stereocenters. The van der Waals surface area contributed by atoms with E-state index in [0.717, 1.165) is 5.01 Å². The highest BCUT2D eigenvalue weighted by Crippen LogP contribution is 2.27. The molecule has 2 amide bonds. The topological polar surface area (TPSA) is 75.2 Å². The molecule has 1 unspecified atom stereocenters. The van der Waals surface area contributed by atoms with Crippen molar-refractivity contribution in [3.63, 3.8) is 0 Å². The first-order chi connectivity index (χ1) is 10.5. The van der Waals surface area contributed by atoms with Gasteiger partial charge < -0.3 is 4.90 Å². The van der Waals surface area contributed by atoms with Gasteiger partial charge in [-0.25, -0.2) is 4.98 Å². The van der Waals surface area contributed by atoms with Crippen molar-refractivity contribution in [3.05, 3.63) is 34.3 Å². The minimum atomic E-state index is -0.421. The van der Waals surface area contributed by atoms with Crippen molar-refractivity contribution in [2.24, 2.45) is 5.92 Å². The van der Waals surface area contributed by atoms with Gasteiger partial charge in [0, 0.05) is 23.7 Å². The first-order valence-corrected chi connectivity index (χ1v) is 7.85. The third kappa shape index (κ3) is 3.10. The third-order valence-electron chi connectivity index (χ3n) is 3.38. The summed E-state index contributed by atoms with van der Waals surface area (Å²) in [4.78, 5) is 30.0. The Kier molecular flexibility index (Phi) is 4.08. The van der Waals surface area contributed by atoms with Gasteiger partial charge in [-0.1, -0.05) is 17.7 Å². The molecule has 0 saturated carbocycles. The van der Waals surface area contributed by atoms with Gasteiger partial charge >= 0.3 is 0 Å². The highest BCUT2D eigenvalue weighted by molar-refractivity contribution is 7.05. The Labute approximate surface area is 136 Å². The fraction of sp³-hybridized carbons (Fsp3) is 0.286. The SMILES string of the molecule is Cc1nc(NC(=O)C2CC(=O)N(c3cccc(Cl)c3)C2)ns1. The van der Waals surface area contributed by atoms with Gasteiger partial charge in [0.25, 0.3) is 0 Å². The molecule has 22 heavy (non-hydrogen) atoms. The molecule has 1 aliphatic heterocycles. The smallest absolute Gasteiger partial charge is 0.241 e. The van der Waals surface area contributed by atoms with Crippen LogP contribution < -0.4 is 10.2 Å². The molecule has 1 aromatic heterocycles. The average Bonchev–Trinajstić information content (AvgIpc) is 3.05. The van der Waals surface area contributed by atoms with Crippen LogP contribution >= 0.6 is 23.1 Å². The number of amides is 2. The van der Waals surface area contributed by atoms with Crippen molar-refractivity contribution < 1.29 is 9.59 Å². The van der Waals surface area contributed by atoms with Crippen LogP contribution in [0.2, 0.25) is 5.02 Å². The molecule has 0 radical (unpaired) electrons. The number of hydrogen-bond acceptors (Lipinski definition) is 5. The van der Waals surface area contributed by atoms with Crippen molar-refractivity contribution in [3.8, 4) is 0 Å². The second-order valence-corrected chi connectivity index (χ2v) is 6.40. The predicted octanol–water partition coefficient (Wildman–Crippen LogP) is 2.49. The average molecular weight is 337 g/mol. The maximum atomic E-state index is 12.2. The normalized spacial score (nSPS) is 17.8. The molecule has 1 aliphatic rings. The summed E-state index contributed by atoms with van der Waals surface area (Å²) in [6.45, 7) is 2.14. The zero-order valence-corrected chi connectivity index (χ0v) is 13.3. The lowest BCUT2D eigenvalue weighted by Crippen LogP contribution is -2.28. The predicted molar refractivity (Wildman–Crippen MR) is 85.2 cm³/mol. The van der Waals surface area contributed by atoms with Crippen molar-refractivity contribution in [1.29, 1.82) is 0 Å².